The first kappa shape index (κ1) is 18.5. The quantitative estimate of drug-likeness (QED) is 0.588. The van der Waals surface area contributed by atoms with E-state index in [0.29, 0.717) is 30.4 Å². The van der Waals surface area contributed by atoms with E-state index in [1.54, 1.807) is 13.3 Å². The lowest BCUT2D eigenvalue weighted by Crippen LogP contribution is -2.19. The molecule has 0 fully saturated rings. The molecule has 0 atom stereocenters. The lowest BCUT2D eigenvalue weighted by Gasteiger charge is -2.11. The van der Waals surface area contributed by atoms with Gasteiger partial charge in [-0.25, -0.2) is 5.43 Å². The molecule has 132 valence electrons. The van der Waals surface area contributed by atoms with Gasteiger partial charge in [0.25, 0.3) is 0 Å². The van der Waals surface area contributed by atoms with E-state index < -0.39 is 0 Å². The first-order valence-electron chi connectivity index (χ1n) is 8.25. The molecule has 0 aromatic heterocycles. The Hall–Kier alpha value is -2.82. The number of nitrogens with zero attached hydrogens (tertiary/aromatic N) is 1. The van der Waals surface area contributed by atoms with Crippen molar-refractivity contribution in [2.75, 3.05) is 7.11 Å². The molecule has 1 N–H and O–H groups in total. The molecule has 0 radical (unpaired) electrons. The van der Waals surface area contributed by atoms with E-state index in [2.05, 4.69) is 10.5 Å². The summed E-state index contributed by atoms with van der Waals surface area (Å²) in [6.07, 6.45) is 2.04. The molecule has 2 aromatic rings. The highest BCUT2D eigenvalue weighted by atomic mass is 16.5. The van der Waals surface area contributed by atoms with Gasteiger partial charge in [0.15, 0.2) is 11.5 Å². The maximum Gasteiger partial charge on any atom is 0.240 e. The summed E-state index contributed by atoms with van der Waals surface area (Å²) < 4.78 is 11.2. The lowest BCUT2D eigenvalue weighted by molar-refractivity contribution is -0.121. The van der Waals surface area contributed by atoms with Crippen LogP contribution in [0.25, 0.3) is 0 Å². The average Bonchev–Trinajstić information content (AvgIpc) is 2.60. The van der Waals surface area contributed by atoms with Gasteiger partial charge >= 0.3 is 0 Å². The van der Waals surface area contributed by atoms with Gasteiger partial charge in [0, 0.05) is 6.42 Å². The SMILES string of the molecule is COc1cc(/C=N\NC(=O)CC(C)C)ccc1OCc1ccccc1. The normalized spacial score (nSPS) is 10.9. The van der Waals surface area contributed by atoms with E-state index in [1.807, 2.05) is 62.4 Å². The molecular weight excluding hydrogens is 316 g/mol. The summed E-state index contributed by atoms with van der Waals surface area (Å²) in [4.78, 5) is 11.6. The minimum Gasteiger partial charge on any atom is -0.493 e. The summed E-state index contributed by atoms with van der Waals surface area (Å²) in [6.45, 7) is 4.44. The Labute approximate surface area is 148 Å². The Kier molecular flexibility index (Phi) is 7.01. The van der Waals surface area contributed by atoms with E-state index in [4.69, 9.17) is 9.47 Å². The van der Waals surface area contributed by atoms with Crippen LogP contribution in [-0.2, 0) is 11.4 Å². The third-order valence-corrected chi connectivity index (χ3v) is 3.42. The zero-order valence-electron chi connectivity index (χ0n) is 14.9. The third kappa shape index (κ3) is 6.30. The molecule has 5 nitrogen and oxygen atoms in total. The predicted molar refractivity (Wildman–Crippen MR) is 99.0 cm³/mol. The van der Waals surface area contributed by atoms with Crippen LogP contribution in [-0.4, -0.2) is 19.2 Å². The summed E-state index contributed by atoms with van der Waals surface area (Å²) >= 11 is 0. The minimum atomic E-state index is -0.0963. The van der Waals surface area contributed by atoms with E-state index in [-0.39, 0.29) is 5.91 Å². The van der Waals surface area contributed by atoms with E-state index in [9.17, 15) is 4.79 Å². The first-order valence-corrected chi connectivity index (χ1v) is 8.25. The molecule has 0 aliphatic heterocycles. The molecule has 0 unspecified atom stereocenters. The van der Waals surface area contributed by atoms with Gasteiger partial charge in [-0.05, 0) is 35.2 Å². The van der Waals surface area contributed by atoms with Crippen LogP contribution in [0.15, 0.2) is 53.6 Å². The number of hydrogen-bond acceptors (Lipinski definition) is 4. The molecule has 25 heavy (non-hydrogen) atoms. The largest absolute Gasteiger partial charge is 0.493 e. The van der Waals surface area contributed by atoms with E-state index in [0.717, 1.165) is 11.1 Å². The van der Waals surface area contributed by atoms with E-state index in [1.165, 1.54) is 0 Å². The fourth-order valence-corrected chi connectivity index (χ4v) is 2.21. The van der Waals surface area contributed by atoms with Gasteiger partial charge < -0.3 is 9.47 Å². The van der Waals surface area contributed by atoms with Gasteiger partial charge in [0.2, 0.25) is 5.91 Å². The van der Waals surface area contributed by atoms with Crippen LogP contribution < -0.4 is 14.9 Å². The van der Waals surface area contributed by atoms with Crippen LogP contribution >= 0.6 is 0 Å². The topological polar surface area (TPSA) is 59.9 Å². The van der Waals surface area contributed by atoms with Crippen molar-refractivity contribution in [2.24, 2.45) is 11.0 Å². The van der Waals surface area contributed by atoms with Crippen molar-refractivity contribution in [1.82, 2.24) is 5.43 Å². The number of amides is 1. The van der Waals surface area contributed by atoms with Crippen LogP contribution in [0.1, 0.15) is 31.4 Å². The number of hydrazone groups is 1. The van der Waals surface area contributed by atoms with Gasteiger partial charge in [0.1, 0.15) is 6.61 Å². The van der Waals surface area contributed by atoms with Gasteiger partial charge in [-0.15, -0.1) is 0 Å². The van der Waals surface area contributed by atoms with Crippen molar-refractivity contribution in [2.45, 2.75) is 26.9 Å². The zero-order valence-corrected chi connectivity index (χ0v) is 14.9. The van der Waals surface area contributed by atoms with Crippen molar-refractivity contribution in [3.63, 3.8) is 0 Å². The summed E-state index contributed by atoms with van der Waals surface area (Å²) in [5.74, 6) is 1.48. The van der Waals surface area contributed by atoms with Crippen molar-refractivity contribution < 1.29 is 14.3 Å². The number of nitrogens with one attached hydrogen (secondary N) is 1. The number of benzene rings is 2. The second-order valence-electron chi connectivity index (χ2n) is 6.08. The second-order valence-corrected chi connectivity index (χ2v) is 6.08. The van der Waals surface area contributed by atoms with E-state index >= 15 is 0 Å². The molecule has 0 aliphatic rings. The summed E-state index contributed by atoms with van der Waals surface area (Å²) in [6, 6.07) is 15.4. The fourth-order valence-electron chi connectivity index (χ4n) is 2.21. The highest BCUT2D eigenvalue weighted by Gasteiger charge is 2.06. The molecule has 0 aliphatic carbocycles. The molecule has 0 saturated heterocycles. The molecule has 0 heterocycles. The molecular formula is C20H24N2O3. The van der Waals surface area contributed by atoms with Gasteiger partial charge in [-0.1, -0.05) is 44.2 Å². The maximum absolute atomic E-state index is 11.6. The highest BCUT2D eigenvalue weighted by Crippen LogP contribution is 2.28. The van der Waals surface area contributed by atoms with Crippen LogP contribution in [0.3, 0.4) is 0 Å². The number of methoxy groups -OCH3 is 1. The average molecular weight is 340 g/mol. The van der Waals surface area contributed by atoms with Gasteiger partial charge in [-0.2, -0.15) is 5.10 Å². The second kappa shape index (κ2) is 9.47. The number of carbonyl (C=O) groups excluding carboxylic acids is 1. The minimum absolute atomic E-state index is 0.0963. The lowest BCUT2D eigenvalue weighted by atomic mass is 10.1. The summed E-state index contributed by atoms with van der Waals surface area (Å²) in [5, 5.41) is 3.97. The molecule has 0 spiro atoms. The van der Waals surface area contributed by atoms with Gasteiger partial charge in [-0.3, -0.25) is 4.79 Å². The molecule has 2 aromatic carbocycles. The standard InChI is InChI=1S/C20H24N2O3/c1-15(2)11-20(23)22-21-13-17-9-10-18(19(12-17)24-3)25-14-16-7-5-4-6-8-16/h4-10,12-13,15H,11,14H2,1-3H3,(H,22,23)/b21-13-. The zero-order chi connectivity index (χ0) is 18.1. The van der Waals surface area contributed by atoms with Crippen molar-refractivity contribution in [1.29, 1.82) is 0 Å². The number of ether oxygens (including phenoxy) is 2. The first-order chi connectivity index (χ1) is 12.1. The number of carbonyl (C=O) groups is 1. The Balaban J connectivity index is 1.97. The molecule has 1 amide bonds. The maximum atomic E-state index is 11.6. The summed E-state index contributed by atoms with van der Waals surface area (Å²) in [7, 11) is 1.59. The number of rotatable bonds is 8. The van der Waals surface area contributed by atoms with Crippen LogP contribution in [0.2, 0.25) is 0 Å². The third-order valence-electron chi connectivity index (χ3n) is 3.42. The fraction of sp³-hybridized carbons (Fsp3) is 0.300. The van der Waals surface area contributed by atoms with Crippen molar-refractivity contribution in [3.05, 3.63) is 59.7 Å². The smallest absolute Gasteiger partial charge is 0.240 e. The highest BCUT2D eigenvalue weighted by molar-refractivity contribution is 5.83. The van der Waals surface area contributed by atoms with Crippen molar-refractivity contribution in [3.8, 4) is 11.5 Å². The molecule has 2 rings (SSSR count). The molecule has 0 saturated carbocycles. The van der Waals surface area contributed by atoms with Crippen LogP contribution in [0, 0.1) is 5.92 Å². The monoisotopic (exact) mass is 340 g/mol. The Morgan fingerprint density at radius 3 is 2.60 bits per heavy atom. The Morgan fingerprint density at radius 1 is 1.16 bits per heavy atom. The van der Waals surface area contributed by atoms with Gasteiger partial charge in [0.05, 0.1) is 13.3 Å². The predicted octanol–water partition coefficient (Wildman–Crippen LogP) is 3.77. The van der Waals surface area contributed by atoms with Crippen LogP contribution in [0.4, 0.5) is 0 Å². The van der Waals surface area contributed by atoms with Crippen molar-refractivity contribution >= 4 is 12.1 Å². The molecule has 5 heteroatoms. The van der Waals surface area contributed by atoms with Crippen LogP contribution in [0.5, 0.6) is 11.5 Å². The summed E-state index contributed by atoms with van der Waals surface area (Å²) in [5.41, 5.74) is 4.42. The number of hydrogen-bond donors (Lipinski definition) is 1. The Bertz CT molecular complexity index is 712. The Morgan fingerprint density at radius 2 is 1.92 bits per heavy atom. The molecule has 0 bridgehead atoms.